The minimum atomic E-state index is -0.136. The maximum Gasteiger partial charge on any atom is 0.243 e. The number of para-hydroxylation sites is 1. The van der Waals surface area contributed by atoms with Gasteiger partial charge in [-0.25, -0.2) is 0 Å². The van der Waals surface area contributed by atoms with Crippen molar-refractivity contribution in [2.24, 2.45) is 5.92 Å². The summed E-state index contributed by atoms with van der Waals surface area (Å²) >= 11 is 0. The predicted octanol–water partition coefficient (Wildman–Crippen LogP) is 2.60. The van der Waals surface area contributed by atoms with E-state index in [9.17, 15) is 4.79 Å². The molecule has 1 heterocycles. The number of amides is 1. The zero-order valence-corrected chi connectivity index (χ0v) is 12.3. The summed E-state index contributed by atoms with van der Waals surface area (Å²) in [6, 6.07) is 8.39. The Morgan fingerprint density at radius 2 is 1.89 bits per heavy atom. The molecule has 0 radical (unpaired) electrons. The molecule has 1 aliphatic heterocycles. The van der Waals surface area contributed by atoms with Gasteiger partial charge in [-0.2, -0.15) is 0 Å². The van der Waals surface area contributed by atoms with Gasteiger partial charge in [-0.1, -0.05) is 32.0 Å². The standard InChI is InChI=1S/C16H24N2O/c1-11(2)12(3)17-13(4)16(19)18-10-9-14-7-5-6-8-15(14)18/h5-8,11-13,17H,9-10H2,1-4H3. The van der Waals surface area contributed by atoms with Gasteiger partial charge in [0.25, 0.3) is 0 Å². The SMILES string of the molecule is CC(NC(C)C(C)C)C(=O)N1CCc2ccccc21. The van der Waals surface area contributed by atoms with E-state index in [1.165, 1.54) is 5.56 Å². The van der Waals surface area contributed by atoms with Crippen molar-refractivity contribution in [1.82, 2.24) is 5.32 Å². The molecule has 0 bridgehead atoms. The van der Waals surface area contributed by atoms with Gasteiger partial charge in [-0.3, -0.25) is 4.79 Å². The zero-order valence-electron chi connectivity index (χ0n) is 12.3. The van der Waals surface area contributed by atoms with Crippen LogP contribution < -0.4 is 10.2 Å². The van der Waals surface area contributed by atoms with Crippen LogP contribution in [0.2, 0.25) is 0 Å². The lowest BCUT2D eigenvalue weighted by Crippen LogP contribution is -2.48. The third-order valence-electron chi connectivity index (χ3n) is 4.04. The van der Waals surface area contributed by atoms with Crippen molar-refractivity contribution in [3.05, 3.63) is 29.8 Å². The van der Waals surface area contributed by atoms with Crippen molar-refractivity contribution in [2.45, 2.75) is 46.2 Å². The summed E-state index contributed by atoms with van der Waals surface area (Å²) in [5.41, 5.74) is 2.36. The summed E-state index contributed by atoms with van der Waals surface area (Å²) < 4.78 is 0. The maximum atomic E-state index is 12.5. The van der Waals surface area contributed by atoms with Crippen molar-refractivity contribution < 1.29 is 4.79 Å². The van der Waals surface area contributed by atoms with E-state index in [0.717, 1.165) is 18.7 Å². The quantitative estimate of drug-likeness (QED) is 0.902. The lowest BCUT2D eigenvalue weighted by molar-refractivity contribution is -0.120. The summed E-state index contributed by atoms with van der Waals surface area (Å²) in [5, 5.41) is 3.40. The van der Waals surface area contributed by atoms with Crippen LogP contribution in [0.25, 0.3) is 0 Å². The number of fused-ring (bicyclic) bond motifs is 1. The van der Waals surface area contributed by atoms with Crippen molar-refractivity contribution >= 4 is 11.6 Å². The number of anilines is 1. The van der Waals surface area contributed by atoms with Gasteiger partial charge < -0.3 is 10.2 Å². The number of nitrogens with zero attached hydrogens (tertiary/aromatic N) is 1. The number of carbonyl (C=O) groups excluding carboxylic acids is 1. The lowest BCUT2D eigenvalue weighted by atomic mass is 10.1. The molecule has 3 nitrogen and oxygen atoms in total. The number of rotatable bonds is 4. The highest BCUT2D eigenvalue weighted by Crippen LogP contribution is 2.27. The molecule has 1 aliphatic rings. The third-order valence-corrected chi connectivity index (χ3v) is 4.04. The summed E-state index contributed by atoms with van der Waals surface area (Å²) in [5.74, 6) is 0.707. The van der Waals surface area contributed by atoms with Crippen molar-refractivity contribution in [1.29, 1.82) is 0 Å². The van der Waals surface area contributed by atoms with Crippen molar-refractivity contribution in [3.63, 3.8) is 0 Å². The lowest BCUT2D eigenvalue weighted by Gasteiger charge is -2.26. The van der Waals surface area contributed by atoms with Crippen LogP contribution in [-0.2, 0) is 11.2 Å². The molecule has 0 saturated carbocycles. The van der Waals surface area contributed by atoms with Gasteiger partial charge in [0.2, 0.25) is 5.91 Å². The monoisotopic (exact) mass is 260 g/mol. The van der Waals surface area contributed by atoms with E-state index in [4.69, 9.17) is 0 Å². The molecule has 1 amide bonds. The first-order valence-corrected chi connectivity index (χ1v) is 7.16. The number of hydrogen-bond donors (Lipinski definition) is 1. The Hall–Kier alpha value is -1.35. The molecule has 0 aliphatic carbocycles. The zero-order chi connectivity index (χ0) is 14.0. The second kappa shape index (κ2) is 5.74. The summed E-state index contributed by atoms with van der Waals surface area (Å²) in [6.07, 6.45) is 0.967. The predicted molar refractivity (Wildman–Crippen MR) is 79.4 cm³/mol. The van der Waals surface area contributed by atoms with Crippen LogP contribution in [0.1, 0.15) is 33.3 Å². The fourth-order valence-electron chi connectivity index (χ4n) is 2.46. The Balaban J connectivity index is 2.05. The molecule has 0 aromatic heterocycles. The van der Waals surface area contributed by atoms with Gasteiger partial charge >= 0.3 is 0 Å². The summed E-state index contributed by atoms with van der Waals surface area (Å²) in [7, 11) is 0. The second-order valence-electron chi connectivity index (χ2n) is 5.79. The van der Waals surface area contributed by atoms with Gasteiger partial charge in [0.15, 0.2) is 0 Å². The normalized spacial score (nSPS) is 17.4. The molecule has 1 N–H and O–H groups in total. The first kappa shape index (κ1) is 14.1. The van der Waals surface area contributed by atoms with Crippen molar-refractivity contribution in [2.75, 3.05) is 11.4 Å². The van der Waals surface area contributed by atoms with Crippen LogP contribution in [0.15, 0.2) is 24.3 Å². The van der Waals surface area contributed by atoms with E-state index in [-0.39, 0.29) is 11.9 Å². The fraction of sp³-hybridized carbons (Fsp3) is 0.562. The Bertz CT molecular complexity index is 456. The summed E-state index contributed by atoms with van der Waals surface area (Å²) in [6.45, 7) is 9.23. The van der Waals surface area contributed by atoms with Gasteiger partial charge in [-0.15, -0.1) is 0 Å². The van der Waals surface area contributed by atoms with E-state index in [2.05, 4.69) is 32.2 Å². The highest BCUT2D eigenvalue weighted by atomic mass is 16.2. The maximum absolute atomic E-state index is 12.5. The molecular weight excluding hydrogens is 236 g/mol. The molecule has 2 unspecified atom stereocenters. The minimum absolute atomic E-state index is 0.136. The second-order valence-corrected chi connectivity index (χ2v) is 5.79. The van der Waals surface area contributed by atoms with Crippen LogP contribution in [0.4, 0.5) is 5.69 Å². The Labute approximate surface area is 116 Å². The Morgan fingerprint density at radius 3 is 2.58 bits per heavy atom. The first-order chi connectivity index (χ1) is 9.00. The van der Waals surface area contributed by atoms with E-state index in [1.807, 2.05) is 30.0 Å². The van der Waals surface area contributed by atoms with Crippen LogP contribution in [-0.4, -0.2) is 24.5 Å². The molecule has 1 aromatic rings. The largest absolute Gasteiger partial charge is 0.310 e. The number of benzene rings is 1. The number of carbonyl (C=O) groups is 1. The Kier molecular flexibility index (Phi) is 4.25. The molecule has 0 spiro atoms. The average Bonchev–Trinajstić information content (AvgIpc) is 2.81. The molecule has 2 atom stereocenters. The van der Waals surface area contributed by atoms with Crippen molar-refractivity contribution in [3.8, 4) is 0 Å². The van der Waals surface area contributed by atoms with Crippen LogP contribution in [0.3, 0.4) is 0 Å². The molecule has 0 saturated heterocycles. The molecule has 1 aromatic carbocycles. The van der Waals surface area contributed by atoms with Gasteiger partial charge in [0, 0.05) is 18.3 Å². The Morgan fingerprint density at radius 1 is 1.21 bits per heavy atom. The van der Waals surface area contributed by atoms with Crippen LogP contribution >= 0.6 is 0 Å². The molecular formula is C16H24N2O. The summed E-state index contributed by atoms with van der Waals surface area (Å²) in [4.78, 5) is 14.4. The van der Waals surface area contributed by atoms with Crippen LogP contribution in [0.5, 0.6) is 0 Å². The van der Waals surface area contributed by atoms with Gasteiger partial charge in [0.05, 0.1) is 6.04 Å². The fourth-order valence-corrected chi connectivity index (χ4v) is 2.46. The third kappa shape index (κ3) is 2.98. The molecule has 0 fully saturated rings. The minimum Gasteiger partial charge on any atom is -0.310 e. The van der Waals surface area contributed by atoms with E-state index < -0.39 is 0 Å². The smallest absolute Gasteiger partial charge is 0.243 e. The number of hydrogen-bond acceptors (Lipinski definition) is 2. The first-order valence-electron chi connectivity index (χ1n) is 7.16. The average molecular weight is 260 g/mol. The van der Waals surface area contributed by atoms with E-state index in [0.29, 0.717) is 12.0 Å². The molecule has 104 valence electrons. The van der Waals surface area contributed by atoms with E-state index in [1.54, 1.807) is 0 Å². The number of nitrogens with one attached hydrogen (secondary N) is 1. The van der Waals surface area contributed by atoms with Gasteiger partial charge in [0.1, 0.15) is 0 Å². The molecule has 3 heteroatoms. The molecule has 19 heavy (non-hydrogen) atoms. The highest BCUT2D eigenvalue weighted by Gasteiger charge is 2.28. The van der Waals surface area contributed by atoms with Gasteiger partial charge in [-0.05, 0) is 37.8 Å². The molecule has 2 rings (SSSR count). The highest BCUT2D eigenvalue weighted by molar-refractivity contribution is 5.98. The topological polar surface area (TPSA) is 32.3 Å². The van der Waals surface area contributed by atoms with Crippen LogP contribution in [0, 0.1) is 5.92 Å². The van der Waals surface area contributed by atoms with E-state index >= 15 is 0 Å².